The Bertz CT molecular complexity index is 416. The van der Waals surface area contributed by atoms with Crippen molar-refractivity contribution in [3.05, 3.63) is 35.4 Å². The zero-order chi connectivity index (χ0) is 15.2. The minimum atomic E-state index is -0.412. The van der Waals surface area contributed by atoms with E-state index in [1.54, 1.807) is 0 Å². The zero-order valence-corrected chi connectivity index (χ0v) is 13.7. The molecule has 1 heterocycles. The van der Waals surface area contributed by atoms with Crippen LogP contribution in [0.15, 0.2) is 24.3 Å². The summed E-state index contributed by atoms with van der Waals surface area (Å²) in [5, 5.41) is 13.7. The highest BCUT2D eigenvalue weighted by molar-refractivity contribution is 5.24. The molecule has 118 valence electrons. The average Bonchev–Trinajstić information content (AvgIpc) is 2.84. The predicted molar refractivity (Wildman–Crippen MR) is 88.5 cm³/mol. The maximum atomic E-state index is 10.3. The number of aliphatic hydroxyl groups excluding tert-OH is 1. The van der Waals surface area contributed by atoms with E-state index in [9.17, 15) is 5.11 Å². The van der Waals surface area contributed by atoms with Gasteiger partial charge >= 0.3 is 0 Å². The van der Waals surface area contributed by atoms with Crippen molar-refractivity contribution >= 4 is 0 Å². The summed E-state index contributed by atoms with van der Waals surface area (Å²) in [5.74, 6) is 0.672. The summed E-state index contributed by atoms with van der Waals surface area (Å²) in [5.41, 5.74) is 2.36. The van der Waals surface area contributed by atoms with Gasteiger partial charge in [-0.15, -0.1) is 0 Å². The molecule has 0 amide bonds. The van der Waals surface area contributed by atoms with Gasteiger partial charge in [-0.1, -0.05) is 38.1 Å². The van der Waals surface area contributed by atoms with Gasteiger partial charge in [0.2, 0.25) is 0 Å². The van der Waals surface area contributed by atoms with Crippen LogP contribution >= 0.6 is 0 Å². The third-order valence-corrected chi connectivity index (χ3v) is 4.40. The van der Waals surface area contributed by atoms with E-state index >= 15 is 0 Å². The lowest BCUT2D eigenvalue weighted by atomic mass is 10.0. The van der Waals surface area contributed by atoms with Crippen LogP contribution in [0.25, 0.3) is 0 Å². The smallest absolute Gasteiger partial charge is 0.0914 e. The van der Waals surface area contributed by atoms with E-state index in [2.05, 4.69) is 55.4 Å². The first-order valence-corrected chi connectivity index (χ1v) is 8.24. The molecular formula is C18H30N2O. The van der Waals surface area contributed by atoms with Crippen LogP contribution in [0.5, 0.6) is 0 Å². The van der Waals surface area contributed by atoms with Crippen molar-refractivity contribution < 1.29 is 5.11 Å². The monoisotopic (exact) mass is 290 g/mol. The van der Waals surface area contributed by atoms with Gasteiger partial charge in [-0.05, 0) is 49.9 Å². The quantitative estimate of drug-likeness (QED) is 0.810. The first-order chi connectivity index (χ1) is 10.1. The lowest BCUT2D eigenvalue weighted by molar-refractivity contribution is 0.170. The number of nitrogens with one attached hydrogen (secondary N) is 1. The van der Waals surface area contributed by atoms with Crippen LogP contribution < -0.4 is 5.32 Å². The van der Waals surface area contributed by atoms with E-state index in [1.165, 1.54) is 24.9 Å². The fourth-order valence-electron chi connectivity index (χ4n) is 3.09. The van der Waals surface area contributed by atoms with Crippen molar-refractivity contribution in [2.24, 2.45) is 5.92 Å². The van der Waals surface area contributed by atoms with Crippen LogP contribution in [-0.4, -0.2) is 42.7 Å². The maximum Gasteiger partial charge on any atom is 0.0914 e. The Morgan fingerprint density at radius 3 is 2.57 bits per heavy atom. The Morgan fingerprint density at radius 1 is 1.29 bits per heavy atom. The predicted octanol–water partition coefficient (Wildman–Crippen LogP) is 2.60. The zero-order valence-electron chi connectivity index (χ0n) is 13.7. The first kappa shape index (κ1) is 16.5. The molecule has 21 heavy (non-hydrogen) atoms. The van der Waals surface area contributed by atoms with E-state index in [0.29, 0.717) is 18.5 Å². The highest BCUT2D eigenvalue weighted by Gasteiger charge is 2.20. The van der Waals surface area contributed by atoms with Crippen LogP contribution in [-0.2, 0) is 6.42 Å². The van der Waals surface area contributed by atoms with Crippen LogP contribution in [0, 0.1) is 5.92 Å². The van der Waals surface area contributed by atoms with Gasteiger partial charge in [-0.3, -0.25) is 0 Å². The van der Waals surface area contributed by atoms with Gasteiger partial charge in [0.15, 0.2) is 0 Å². The highest BCUT2D eigenvalue weighted by Crippen LogP contribution is 2.16. The number of aliphatic hydroxyl groups is 1. The van der Waals surface area contributed by atoms with Gasteiger partial charge in [-0.2, -0.15) is 0 Å². The SMILES string of the molecule is CC(C)Cc1ccc(C(O)CNCC2CCCN2C)cc1. The molecule has 0 bridgehead atoms. The number of likely N-dealkylation sites (N-methyl/N-ethyl adjacent to an activating group) is 1. The fourth-order valence-corrected chi connectivity index (χ4v) is 3.09. The number of likely N-dealkylation sites (tertiary alicyclic amines) is 1. The molecule has 2 N–H and O–H groups in total. The molecule has 1 fully saturated rings. The lowest BCUT2D eigenvalue weighted by Gasteiger charge is -2.21. The standard InChI is InChI=1S/C18H30N2O/c1-14(2)11-15-6-8-16(9-7-15)18(21)13-19-12-17-5-4-10-20(17)3/h6-9,14,17-19,21H,4-5,10-13H2,1-3H3. The van der Waals surface area contributed by atoms with E-state index in [1.807, 2.05) is 0 Å². The largest absolute Gasteiger partial charge is 0.387 e. The van der Waals surface area contributed by atoms with Crippen molar-refractivity contribution in [1.82, 2.24) is 10.2 Å². The lowest BCUT2D eigenvalue weighted by Crippen LogP contribution is -2.37. The second-order valence-electron chi connectivity index (χ2n) is 6.79. The van der Waals surface area contributed by atoms with Gasteiger partial charge in [0.05, 0.1) is 6.10 Å². The van der Waals surface area contributed by atoms with Crippen LogP contribution in [0.3, 0.4) is 0 Å². The Kier molecular flexibility index (Phi) is 6.22. The molecule has 3 nitrogen and oxygen atoms in total. The maximum absolute atomic E-state index is 10.3. The number of nitrogens with zero attached hydrogens (tertiary/aromatic N) is 1. The van der Waals surface area contributed by atoms with Crippen molar-refractivity contribution in [3.8, 4) is 0 Å². The van der Waals surface area contributed by atoms with Crippen molar-refractivity contribution in [2.45, 2.75) is 45.3 Å². The molecule has 0 aliphatic carbocycles. The van der Waals surface area contributed by atoms with Crippen molar-refractivity contribution in [1.29, 1.82) is 0 Å². The molecule has 2 unspecified atom stereocenters. The molecule has 0 saturated carbocycles. The molecule has 2 atom stereocenters. The molecule has 2 rings (SSSR count). The van der Waals surface area contributed by atoms with Crippen molar-refractivity contribution in [3.63, 3.8) is 0 Å². The summed E-state index contributed by atoms with van der Waals surface area (Å²) >= 11 is 0. The Hall–Kier alpha value is -0.900. The molecular weight excluding hydrogens is 260 g/mol. The van der Waals surface area contributed by atoms with E-state index in [0.717, 1.165) is 18.5 Å². The van der Waals surface area contributed by atoms with Crippen LogP contribution in [0.1, 0.15) is 43.9 Å². The summed E-state index contributed by atoms with van der Waals surface area (Å²) in [7, 11) is 2.18. The van der Waals surface area contributed by atoms with E-state index < -0.39 is 6.10 Å². The van der Waals surface area contributed by atoms with Gasteiger partial charge in [0, 0.05) is 19.1 Å². The number of hydrogen-bond acceptors (Lipinski definition) is 3. The number of benzene rings is 1. The summed E-state index contributed by atoms with van der Waals surface area (Å²) in [4.78, 5) is 2.40. The summed E-state index contributed by atoms with van der Waals surface area (Å²) in [6, 6.07) is 9.04. The summed E-state index contributed by atoms with van der Waals surface area (Å²) in [6.07, 6.45) is 3.25. The second-order valence-corrected chi connectivity index (χ2v) is 6.79. The summed E-state index contributed by atoms with van der Waals surface area (Å²) in [6.45, 7) is 7.26. The highest BCUT2D eigenvalue weighted by atomic mass is 16.3. The average molecular weight is 290 g/mol. The van der Waals surface area contributed by atoms with Crippen LogP contribution in [0.4, 0.5) is 0 Å². The number of rotatable bonds is 7. The minimum Gasteiger partial charge on any atom is -0.387 e. The molecule has 1 aliphatic rings. The third kappa shape index (κ3) is 5.10. The molecule has 0 spiro atoms. The minimum absolute atomic E-state index is 0.412. The normalized spacial score (nSPS) is 21.1. The van der Waals surface area contributed by atoms with Gasteiger partial charge in [0.25, 0.3) is 0 Å². The molecule has 1 aliphatic heterocycles. The Morgan fingerprint density at radius 2 is 2.00 bits per heavy atom. The second kappa shape index (κ2) is 7.92. The molecule has 1 aromatic rings. The van der Waals surface area contributed by atoms with Gasteiger partial charge in [-0.25, -0.2) is 0 Å². The molecule has 3 heteroatoms. The Labute approximate surface area is 129 Å². The molecule has 0 radical (unpaired) electrons. The van der Waals surface area contributed by atoms with E-state index in [-0.39, 0.29) is 0 Å². The van der Waals surface area contributed by atoms with Gasteiger partial charge in [0.1, 0.15) is 0 Å². The topological polar surface area (TPSA) is 35.5 Å². The molecule has 1 aromatic carbocycles. The first-order valence-electron chi connectivity index (χ1n) is 8.24. The third-order valence-electron chi connectivity index (χ3n) is 4.40. The van der Waals surface area contributed by atoms with Gasteiger partial charge < -0.3 is 15.3 Å². The Balaban J connectivity index is 1.76. The summed E-state index contributed by atoms with van der Waals surface area (Å²) < 4.78 is 0. The van der Waals surface area contributed by atoms with Crippen LogP contribution in [0.2, 0.25) is 0 Å². The number of hydrogen-bond donors (Lipinski definition) is 2. The van der Waals surface area contributed by atoms with E-state index in [4.69, 9.17) is 0 Å². The fraction of sp³-hybridized carbons (Fsp3) is 0.667. The molecule has 0 aromatic heterocycles. The molecule has 1 saturated heterocycles. The van der Waals surface area contributed by atoms with Crippen molar-refractivity contribution in [2.75, 3.05) is 26.7 Å².